The molecule has 1 aliphatic carbocycles. The van der Waals surface area contributed by atoms with E-state index in [-0.39, 0.29) is 6.09 Å². The Kier molecular flexibility index (Phi) is 5.30. The van der Waals surface area contributed by atoms with Gasteiger partial charge in [0, 0.05) is 19.1 Å². The van der Waals surface area contributed by atoms with E-state index >= 15 is 0 Å². The molecule has 2 fully saturated rings. The molecule has 0 aromatic rings. The monoisotopic (exact) mass is 282 g/mol. The summed E-state index contributed by atoms with van der Waals surface area (Å²) in [5, 5.41) is 3.51. The molecule has 1 amide bonds. The fourth-order valence-electron chi connectivity index (χ4n) is 2.80. The lowest BCUT2D eigenvalue weighted by Gasteiger charge is -2.28. The number of hydrogen-bond acceptors (Lipinski definition) is 3. The minimum Gasteiger partial charge on any atom is -0.444 e. The normalized spacial score (nSPS) is 23.1. The lowest BCUT2D eigenvalue weighted by molar-refractivity contribution is 0.0226. The molecule has 0 aromatic heterocycles. The first-order valence-corrected chi connectivity index (χ1v) is 8.16. The quantitative estimate of drug-likeness (QED) is 0.761. The fraction of sp³-hybridized carbons (Fsp3) is 0.938. The number of likely N-dealkylation sites (tertiary alicyclic amines) is 1. The predicted molar refractivity (Wildman–Crippen MR) is 80.8 cm³/mol. The highest BCUT2D eigenvalue weighted by molar-refractivity contribution is 5.69. The number of rotatable bonds is 6. The lowest BCUT2D eigenvalue weighted by atomic mass is 10.2. The van der Waals surface area contributed by atoms with Crippen molar-refractivity contribution in [3.8, 4) is 0 Å². The maximum absolute atomic E-state index is 12.1. The lowest BCUT2D eigenvalue weighted by Crippen LogP contribution is -2.44. The molecule has 0 bridgehead atoms. The van der Waals surface area contributed by atoms with E-state index in [0.29, 0.717) is 6.04 Å². The summed E-state index contributed by atoms with van der Waals surface area (Å²) >= 11 is 0. The van der Waals surface area contributed by atoms with E-state index in [9.17, 15) is 4.79 Å². The van der Waals surface area contributed by atoms with Gasteiger partial charge in [0.2, 0.25) is 0 Å². The van der Waals surface area contributed by atoms with Crippen LogP contribution in [-0.4, -0.2) is 42.3 Å². The first-order chi connectivity index (χ1) is 9.46. The second kappa shape index (κ2) is 6.79. The summed E-state index contributed by atoms with van der Waals surface area (Å²) in [7, 11) is 0. The van der Waals surface area contributed by atoms with Crippen LogP contribution in [0, 0.1) is 5.92 Å². The van der Waals surface area contributed by atoms with Gasteiger partial charge in [0.25, 0.3) is 0 Å². The summed E-state index contributed by atoms with van der Waals surface area (Å²) < 4.78 is 5.48. The zero-order valence-electron chi connectivity index (χ0n) is 13.3. The summed E-state index contributed by atoms with van der Waals surface area (Å²) in [6.45, 7) is 8.59. The zero-order valence-corrected chi connectivity index (χ0v) is 13.3. The standard InChI is InChI=1S/C16H30N2O2/c1-16(2,3)20-15(19)18-11-5-7-14(18)12-17-10-4-6-13-8-9-13/h13-14,17H,4-12H2,1-3H3. The summed E-state index contributed by atoms with van der Waals surface area (Å²) in [5.41, 5.74) is -0.401. The molecule has 2 rings (SSSR count). The highest BCUT2D eigenvalue weighted by atomic mass is 16.6. The maximum Gasteiger partial charge on any atom is 0.410 e. The van der Waals surface area contributed by atoms with Crippen LogP contribution in [0.2, 0.25) is 0 Å². The molecule has 1 N–H and O–H groups in total. The summed E-state index contributed by atoms with van der Waals surface area (Å²) in [6.07, 6.45) is 7.55. The smallest absolute Gasteiger partial charge is 0.410 e. The van der Waals surface area contributed by atoms with Gasteiger partial charge in [-0.15, -0.1) is 0 Å². The van der Waals surface area contributed by atoms with Crippen molar-refractivity contribution in [2.24, 2.45) is 5.92 Å². The van der Waals surface area contributed by atoms with Gasteiger partial charge in [-0.3, -0.25) is 0 Å². The van der Waals surface area contributed by atoms with Gasteiger partial charge in [-0.05, 0) is 58.9 Å². The number of carbonyl (C=O) groups excluding carboxylic acids is 1. The van der Waals surface area contributed by atoms with Gasteiger partial charge in [-0.1, -0.05) is 12.8 Å². The van der Waals surface area contributed by atoms with Gasteiger partial charge >= 0.3 is 6.09 Å². The van der Waals surface area contributed by atoms with Crippen LogP contribution in [0.4, 0.5) is 4.79 Å². The van der Waals surface area contributed by atoms with E-state index in [1.807, 2.05) is 25.7 Å². The van der Waals surface area contributed by atoms with Crippen molar-refractivity contribution in [2.75, 3.05) is 19.6 Å². The van der Waals surface area contributed by atoms with Crippen LogP contribution in [-0.2, 0) is 4.74 Å². The number of carbonyl (C=O) groups is 1. The highest BCUT2D eigenvalue weighted by Crippen LogP contribution is 2.33. The first kappa shape index (κ1) is 15.6. The SMILES string of the molecule is CC(C)(C)OC(=O)N1CCCC1CNCCCC1CC1. The molecule has 20 heavy (non-hydrogen) atoms. The van der Waals surface area contributed by atoms with E-state index in [0.717, 1.165) is 38.4 Å². The molecule has 1 saturated carbocycles. The van der Waals surface area contributed by atoms with Crippen molar-refractivity contribution in [2.45, 2.75) is 70.9 Å². The average molecular weight is 282 g/mol. The Hall–Kier alpha value is -0.770. The van der Waals surface area contributed by atoms with Crippen LogP contribution >= 0.6 is 0 Å². The predicted octanol–water partition coefficient (Wildman–Crippen LogP) is 3.17. The van der Waals surface area contributed by atoms with Crippen LogP contribution in [0.25, 0.3) is 0 Å². The molecule has 1 aliphatic heterocycles. The number of hydrogen-bond donors (Lipinski definition) is 1. The Morgan fingerprint density at radius 2 is 2.05 bits per heavy atom. The molecule has 0 spiro atoms. The van der Waals surface area contributed by atoms with E-state index in [1.165, 1.54) is 25.7 Å². The summed E-state index contributed by atoms with van der Waals surface area (Å²) in [6, 6.07) is 0.311. The third-order valence-corrected chi connectivity index (χ3v) is 4.05. The van der Waals surface area contributed by atoms with E-state index in [1.54, 1.807) is 0 Å². The molecular weight excluding hydrogens is 252 g/mol. The van der Waals surface area contributed by atoms with Crippen molar-refractivity contribution < 1.29 is 9.53 Å². The number of nitrogens with zero attached hydrogens (tertiary/aromatic N) is 1. The minimum atomic E-state index is -0.401. The molecule has 4 nitrogen and oxygen atoms in total. The molecule has 2 aliphatic rings. The Morgan fingerprint density at radius 3 is 2.70 bits per heavy atom. The molecule has 1 atom stereocenters. The van der Waals surface area contributed by atoms with E-state index < -0.39 is 5.60 Å². The van der Waals surface area contributed by atoms with Crippen molar-refractivity contribution in [3.05, 3.63) is 0 Å². The highest BCUT2D eigenvalue weighted by Gasteiger charge is 2.31. The van der Waals surface area contributed by atoms with Crippen molar-refractivity contribution in [3.63, 3.8) is 0 Å². The summed E-state index contributed by atoms with van der Waals surface area (Å²) in [4.78, 5) is 14.0. The van der Waals surface area contributed by atoms with Crippen molar-refractivity contribution >= 4 is 6.09 Å². The molecular formula is C16H30N2O2. The average Bonchev–Trinajstić information content (AvgIpc) is 3.03. The zero-order chi connectivity index (χ0) is 14.6. The van der Waals surface area contributed by atoms with Crippen molar-refractivity contribution in [1.82, 2.24) is 10.2 Å². The third kappa shape index (κ3) is 5.31. The van der Waals surface area contributed by atoms with Crippen LogP contribution < -0.4 is 5.32 Å². The minimum absolute atomic E-state index is 0.153. The maximum atomic E-state index is 12.1. The third-order valence-electron chi connectivity index (χ3n) is 4.05. The van der Waals surface area contributed by atoms with Crippen LogP contribution in [0.15, 0.2) is 0 Å². The van der Waals surface area contributed by atoms with Gasteiger partial charge in [0.1, 0.15) is 5.60 Å². The Morgan fingerprint density at radius 1 is 1.30 bits per heavy atom. The van der Waals surface area contributed by atoms with Gasteiger partial charge < -0.3 is 15.0 Å². The van der Waals surface area contributed by atoms with E-state index in [2.05, 4.69) is 5.32 Å². The molecule has 1 heterocycles. The molecule has 116 valence electrons. The number of ether oxygens (including phenoxy) is 1. The van der Waals surface area contributed by atoms with Crippen LogP contribution in [0.1, 0.15) is 59.3 Å². The Labute approximate surface area is 123 Å². The molecule has 1 unspecified atom stereocenters. The second-order valence-corrected chi connectivity index (χ2v) is 7.26. The fourth-order valence-corrected chi connectivity index (χ4v) is 2.80. The van der Waals surface area contributed by atoms with Gasteiger partial charge in [0.05, 0.1) is 0 Å². The number of nitrogens with one attached hydrogen (secondary N) is 1. The Balaban J connectivity index is 1.65. The van der Waals surface area contributed by atoms with Gasteiger partial charge in [-0.25, -0.2) is 4.79 Å². The molecule has 0 aromatic carbocycles. The van der Waals surface area contributed by atoms with Crippen molar-refractivity contribution in [1.29, 1.82) is 0 Å². The first-order valence-electron chi connectivity index (χ1n) is 8.16. The van der Waals surface area contributed by atoms with Gasteiger partial charge in [0.15, 0.2) is 0 Å². The largest absolute Gasteiger partial charge is 0.444 e. The summed E-state index contributed by atoms with van der Waals surface area (Å²) in [5.74, 6) is 1.02. The number of amides is 1. The topological polar surface area (TPSA) is 41.6 Å². The second-order valence-electron chi connectivity index (χ2n) is 7.26. The van der Waals surface area contributed by atoms with Gasteiger partial charge in [-0.2, -0.15) is 0 Å². The molecule has 0 radical (unpaired) electrons. The van der Waals surface area contributed by atoms with Crippen LogP contribution in [0.3, 0.4) is 0 Å². The molecule has 4 heteroatoms. The van der Waals surface area contributed by atoms with E-state index in [4.69, 9.17) is 4.74 Å². The Bertz CT molecular complexity index is 321. The molecule has 1 saturated heterocycles. The van der Waals surface area contributed by atoms with Crippen LogP contribution in [0.5, 0.6) is 0 Å².